The van der Waals surface area contributed by atoms with E-state index in [2.05, 4.69) is 4.98 Å². The van der Waals surface area contributed by atoms with Gasteiger partial charge >= 0.3 is 0 Å². The van der Waals surface area contributed by atoms with Gasteiger partial charge in [0, 0.05) is 17.3 Å². The second-order valence-electron chi connectivity index (χ2n) is 4.16. The van der Waals surface area contributed by atoms with Gasteiger partial charge in [0.1, 0.15) is 11.4 Å². The van der Waals surface area contributed by atoms with Gasteiger partial charge in [0.15, 0.2) is 5.82 Å². The summed E-state index contributed by atoms with van der Waals surface area (Å²) in [4.78, 5) is 3.84. The number of pyridine rings is 1. The van der Waals surface area contributed by atoms with Gasteiger partial charge in [-0.15, -0.1) is 0 Å². The summed E-state index contributed by atoms with van der Waals surface area (Å²) in [5.74, 6) is -0.0928. The monoisotopic (exact) mass is 262 g/mol. The first-order valence-corrected chi connectivity index (χ1v) is 5.81. The molecule has 0 bridgehead atoms. The van der Waals surface area contributed by atoms with Gasteiger partial charge in [-0.25, -0.2) is 4.39 Å². The minimum Gasteiger partial charge on any atom is -0.495 e. The van der Waals surface area contributed by atoms with Crippen molar-refractivity contribution in [2.45, 2.75) is 13.0 Å². The van der Waals surface area contributed by atoms with Crippen LogP contribution in [0.25, 0.3) is 11.1 Å². The molecule has 3 N–H and O–H groups in total. The fourth-order valence-electron chi connectivity index (χ4n) is 1.92. The predicted octanol–water partition coefficient (Wildman–Crippen LogP) is 2.53. The predicted molar refractivity (Wildman–Crippen MR) is 71.2 cm³/mol. The van der Waals surface area contributed by atoms with Crippen LogP contribution in [0.15, 0.2) is 30.5 Å². The number of halogens is 1. The van der Waals surface area contributed by atoms with Gasteiger partial charge in [0.25, 0.3) is 0 Å². The minimum absolute atomic E-state index is 0.000259. The maximum Gasteiger partial charge on any atom is 0.155 e. The highest BCUT2D eigenvalue weighted by molar-refractivity contribution is 5.80. The van der Waals surface area contributed by atoms with E-state index in [0.29, 0.717) is 22.6 Å². The molecule has 0 radical (unpaired) electrons. The van der Waals surface area contributed by atoms with Crippen LogP contribution in [0.1, 0.15) is 18.7 Å². The van der Waals surface area contributed by atoms with Gasteiger partial charge in [-0.2, -0.15) is 0 Å². The van der Waals surface area contributed by atoms with E-state index >= 15 is 0 Å². The summed E-state index contributed by atoms with van der Waals surface area (Å²) < 4.78 is 19.4. The van der Waals surface area contributed by atoms with Crippen LogP contribution in [0.2, 0.25) is 0 Å². The third kappa shape index (κ3) is 2.37. The highest BCUT2D eigenvalue weighted by Crippen LogP contribution is 2.35. The number of para-hydroxylation sites is 1. The number of aliphatic hydroxyl groups excluding tert-OH is 1. The van der Waals surface area contributed by atoms with Crippen LogP contribution in [0.4, 0.5) is 10.1 Å². The first-order valence-electron chi connectivity index (χ1n) is 5.81. The Morgan fingerprint density at radius 2 is 2.05 bits per heavy atom. The third-order valence-corrected chi connectivity index (χ3v) is 2.89. The van der Waals surface area contributed by atoms with E-state index in [1.54, 1.807) is 18.2 Å². The molecular formula is C14H15FN2O2. The first-order chi connectivity index (χ1) is 9.06. The zero-order valence-corrected chi connectivity index (χ0v) is 10.7. The molecule has 0 aliphatic heterocycles. The van der Waals surface area contributed by atoms with Crippen molar-refractivity contribution in [1.29, 1.82) is 0 Å². The van der Waals surface area contributed by atoms with Crippen LogP contribution < -0.4 is 10.5 Å². The van der Waals surface area contributed by atoms with Crippen LogP contribution in [0, 0.1) is 5.82 Å². The van der Waals surface area contributed by atoms with Crippen molar-refractivity contribution in [3.8, 4) is 16.9 Å². The molecule has 1 unspecified atom stereocenters. The number of anilines is 1. The molecular weight excluding hydrogens is 247 g/mol. The van der Waals surface area contributed by atoms with Gasteiger partial charge in [0.2, 0.25) is 0 Å². The fraction of sp³-hybridized carbons (Fsp3) is 0.214. The molecule has 0 spiro atoms. The Kier molecular flexibility index (Phi) is 3.66. The normalized spacial score (nSPS) is 12.2. The lowest BCUT2D eigenvalue weighted by atomic mass is 10.0. The standard InChI is InChI=1S/C14H15FN2O2/c1-8(18)14-12(15)9(6-7-17-14)10-4-3-5-11(19-2)13(10)16/h3-8,18H,16H2,1-2H3. The number of hydrogen-bond acceptors (Lipinski definition) is 4. The van der Waals surface area contributed by atoms with Gasteiger partial charge in [-0.1, -0.05) is 12.1 Å². The topological polar surface area (TPSA) is 68.4 Å². The van der Waals surface area contributed by atoms with Crippen molar-refractivity contribution in [2.24, 2.45) is 0 Å². The molecule has 4 nitrogen and oxygen atoms in total. The molecule has 1 aromatic carbocycles. The summed E-state index contributed by atoms with van der Waals surface area (Å²) >= 11 is 0. The molecule has 0 saturated heterocycles. The quantitative estimate of drug-likeness (QED) is 0.834. The molecule has 0 saturated carbocycles. The van der Waals surface area contributed by atoms with E-state index < -0.39 is 11.9 Å². The summed E-state index contributed by atoms with van der Waals surface area (Å²) in [5.41, 5.74) is 7.11. The van der Waals surface area contributed by atoms with E-state index in [4.69, 9.17) is 10.5 Å². The number of nitrogens with two attached hydrogens (primary N) is 1. The summed E-state index contributed by atoms with van der Waals surface area (Å²) in [6, 6.07) is 6.65. The molecule has 1 atom stereocenters. The Labute approximate surface area is 110 Å². The number of nitrogen functional groups attached to an aromatic ring is 1. The molecule has 2 rings (SSSR count). The molecule has 1 aromatic heterocycles. The van der Waals surface area contributed by atoms with Crippen LogP contribution in [-0.2, 0) is 0 Å². The molecule has 0 fully saturated rings. The Bertz CT molecular complexity index is 600. The Morgan fingerprint density at radius 3 is 2.68 bits per heavy atom. The van der Waals surface area contributed by atoms with Crippen molar-refractivity contribution in [3.05, 3.63) is 42.0 Å². The van der Waals surface area contributed by atoms with Crippen molar-refractivity contribution in [3.63, 3.8) is 0 Å². The van der Waals surface area contributed by atoms with Crippen LogP contribution in [-0.4, -0.2) is 17.2 Å². The number of aliphatic hydroxyl groups is 1. The minimum atomic E-state index is -0.980. The highest BCUT2D eigenvalue weighted by Gasteiger charge is 2.17. The summed E-state index contributed by atoms with van der Waals surface area (Å²) in [6.07, 6.45) is 0.464. The fourth-order valence-corrected chi connectivity index (χ4v) is 1.92. The molecule has 2 aromatic rings. The van der Waals surface area contributed by atoms with Crippen LogP contribution in [0.3, 0.4) is 0 Å². The van der Waals surface area contributed by atoms with E-state index in [-0.39, 0.29) is 5.69 Å². The molecule has 0 aliphatic rings. The van der Waals surface area contributed by atoms with Crippen LogP contribution >= 0.6 is 0 Å². The smallest absolute Gasteiger partial charge is 0.155 e. The Hall–Kier alpha value is -2.14. The SMILES string of the molecule is COc1cccc(-c2ccnc(C(C)O)c2F)c1N. The lowest BCUT2D eigenvalue weighted by Gasteiger charge is -2.13. The van der Waals surface area contributed by atoms with E-state index in [1.807, 2.05) is 0 Å². The summed E-state index contributed by atoms with van der Waals surface area (Å²) in [7, 11) is 1.50. The average Bonchev–Trinajstić information content (AvgIpc) is 2.39. The van der Waals surface area contributed by atoms with Crippen molar-refractivity contribution < 1.29 is 14.2 Å². The zero-order valence-electron chi connectivity index (χ0n) is 10.7. The van der Waals surface area contributed by atoms with Gasteiger partial charge in [-0.05, 0) is 19.1 Å². The number of hydrogen-bond donors (Lipinski definition) is 2. The number of aromatic nitrogens is 1. The largest absolute Gasteiger partial charge is 0.495 e. The number of ether oxygens (including phenoxy) is 1. The zero-order chi connectivity index (χ0) is 14.0. The average molecular weight is 262 g/mol. The third-order valence-electron chi connectivity index (χ3n) is 2.89. The summed E-state index contributed by atoms with van der Waals surface area (Å²) in [5, 5.41) is 9.49. The van der Waals surface area contributed by atoms with Gasteiger partial charge in [0.05, 0.1) is 18.9 Å². The number of methoxy groups -OCH3 is 1. The maximum atomic E-state index is 14.3. The molecule has 0 amide bonds. The maximum absolute atomic E-state index is 14.3. The number of nitrogens with zero attached hydrogens (tertiary/aromatic N) is 1. The van der Waals surface area contributed by atoms with Crippen molar-refractivity contribution in [1.82, 2.24) is 4.98 Å². The second kappa shape index (κ2) is 5.24. The molecule has 1 heterocycles. The highest BCUT2D eigenvalue weighted by atomic mass is 19.1. The number of benzene rings is 1. The summed E-state index contributed by atoms with van der Waals surface area (Å²) in [6.45, 7) is 1.46. The van der Waals surface area contributed by atoms with Crippen molar-refractivity contribution in [2.75, 3.05) is 12.8 Å². The van der Waals surface area contributed by atoms with Crippen LogP contribution in [0.5, 0.6) is 5.75 Å². The van der Waals surface area contributed by atoms with Crippen molar-refractivity contribution >= 4 is 5.69 Å². The first kappa shape index (κ1) is 13.3. The number of rotatable bonds is 3. The molecule has 0 aliphatic carbocycles. The van der Waals surface area contributed by atoms with E-state index in [9.17, 15) is 9.50 Å². The van der Waals surface area contributed by atoms with Gasteiger partial charge in [-0.3, -0.25) is 4.98 Å². The lowest BCUT2D eigenvalue weighted by molar-refractivity contribution is 0.189. The van der Waals surface area contributed by atoms with E-state index in [1.165, 1.54) is 26.3 Å². The second-order valence-corrected chi connectivity index (χ2v) is 4.16. The molecule has 100 valence electrons. The van der Waals surface area contributed by atoms with E-state index in [0.717, 1.165) is 0 Å². The van der Waals surface area contributed by atoms with Gasteiger partial charge < -0.3 is 15.6 Å². The lowest BCUT2D eigenvalue weighted by Crippen LogP contribution is -2.03. The molecule has 19 heavy (non-hydrogen) atoms. The Morgan fingerprint density at radius 1 is 1.32 bits per heavy atom. The Balaban J connectivity index is 2.63. The molecule has 5 heteroatoms.